The monoisotopic (exact) mass is 863 g/mol. The fourth-order valence-electron chi connectivity index (χ4n) is 8.34. The largest absolute Gasteiger partial charge is 0.462 e. The molecule has 0 unspecified atom stereocenters. The summed E-state index contributed by atoms with van der Waals surface area (Å²) < 4.78 is 16.8. The predicted molar refractivity (Wildman–Crippen MR) is 261 cm³/mol. The molecule has 0 fully saturated rings. The van der Waals surface area contributed by atoms with Crippen LogP contribution in [-0.2, 0) is 28.6 Å². The molecule has 0 aliphatic carbocycles. The quantitative estimate of drug-likeness (QED) is 0.0344. The molecule has 0 heterocycles. The van der Waals surface area contributed by atoms with E-state index in [1.807, 2.05) is 0 Å². The maximum Gasteiger partial charge on any atom is 0.306 e. The van der Waals surface area contributed by atoms with Gasteiger partial charge in [-0.2, -0.15) is 0 Å². The second-order valence-electron chi connectivity index (χ2n) is 19.8. The normalized spacial score (nSPS) is 12.0. The van der Waals surface area contributed by atoms with Crippen LogP contribution in [0.25, 0.3) is 0 Å². The minimum atomic E-state index is -0.761. The lowest BCUT2D eigenvalue weighted by Gasteiger charge is -2.18. The van der Waals surface area contributed by atoms with Crippen molar-refractivity contribution < 1.29 is 28.6 Å². The molecule has 0 saturated heterocycles. The van der Waals surface area contributed by atoms with Gasteiger partial charge in [-0.15, -0.1) is 0 Å². The van der Waals surface area contributed by atoms with E-state index in [2.05, 4.69) is 34.6 Å². The fraction of sp³-hybridized carbons (Fsp3) is 0.945. The Labute approximate surface area is 380 Å². The van der Waals surface area contributed by atoms with Crippen LogP contribution in [0.4, 0.5) is 0 Å². The third-order valence-corrected chi connectivity index (χ3v) is 12.5. The van der Waals surface area contributed by atoms with Crippen molar-refractivity contribution >= 4 is 17.9 Å². The number of ether oxygens (including phenoxy) is 3. The van der Waals surface area contributed by atoms with Crippen LogP contribution in [0.15, 0.2) is 0 Å². The standard InChI is InChI=1S/C55H106O6/c1-6-7-8-9-10-11-12-22-26-31-37-42-47-55(58)61-52(49-60-54(57)46-41-36-32-27-29-34-39-44-51(4)5)48-59-53(56)45-40-35-30-25-23-20-18-16-14-13-15-17-19-21-24-28-33-38-43-50(2)3/h50-52H,6-49H2,1-5H3/t52-/m1/s1. The van der Waals surface area contributed by atoms with E-state index < -0.39 is 6.10 Å². The Balaban J connectivity index is 4.19. The van der Waals surface area contributed by atoms with Gasteiger partial charge in [0.05, 0.1) is 0 Å². The van der Waals surface area contributed by atoms with Gasteiger partial charge in [-0.25, -0.2) is 0 Å². The molecule has 0 aromatic rings. The minimum absolute atomic E-state index is 0.0637. The van der Waals surface area contributed by atoms with Gasteiger partial charge in [-0.3, -0.25) is 14.4 Å². The lowest BCUT2D eigenvalue weighted by Crippen LogP contribution is -2.30. The van der Waals surface area contributed by atoms with Gasteiger partial charge in [0.25, 0.3) is 0 Å². The zero-order valence-electron chi connectivity index (χ0n) is 41.8. The summed E-state index contributed by atoms with van der Waals surface area (Å²) >= 11 is 0. The summed E-state index contributed by atoms with van der Waals surface area (Å²) in [7, 11) is 0. The van der Waals surface area contributed by atoms with E-state index in [-0.39, 0.29) is 31.1 Å². The molecular formula is C55H106O6. The van der Waals surface area contributed by atoms with Crippen molar-refractivity contribution in [3.63, 3.8) is 0 Å². The zero-order chi connectivity index (χ0) is 44.7. The molecule has 61 heavy (non-hydrogen) atoms. The Bertz CT molecular complexity index is 931. The molecule has 1 atom stereocenters. The second kappa shape index (κ2) is 47.9. The number of carbonyl (C=O) groups excluding carboxylic acids is 3. The van der Waals surface area contributed by atoms with Crippen LogP contribution in [0, 0.1) is 11.8 Å². The van der Waals surface area contributed by atoms with E-state index in [9.17, 15) is 14.4 Å². The van der Waals surface area contributed by atoms with Crippen molar-refractivity contribution in [3.05, 3.63) is 0 Å². The highest BCUT2D eigenvalue weighted by atomic mass is 16.6. The van der Waals surface area contributed by atoms with Crippen LogP contribution < -0.4 is 0 Å². The first-order valence-corrected chi connectivity index (χ1v) is 27.2. The molecule has 0 radical (unpaired) electrons. The van der Waals surface area contributed by atoms with Crippen LogP contribution in [0.1, 0.15) is 304 Å². The molecule has 0 spiro atoms. The van der Waals surface area contributed by atoms with Gasteiger partial charge < -0.3 is 14.2 Å². The molecule has 6 heteroatoms. The molecule has 0 rings (SSSR count). The number of hydrogen-bond acceptors (Lipinski definition) is 6. The molecule has 0 saturated carbocycles. The van der Waals surface area contributed by atoms with E-state index >= 15 is 0 Å². The summed E-state index contributed by atoms with van der Waals surface area (Å²) in [6, 6.07) is 0. The van der Waals surface area contributed by atoms with Crippen LogP contribution in [-0.4, -0.2) is 37.2 Å². The summed E-state index contributed by atoms with van der Waals surface area (Å²) in [5.41, 5.74) is 0. The number of rotatable bonds is 49. The van der Waals surface area contributed by atoms with E-state index in [4.69, 9.17) is 14.2 Å². The Morgan fingerprint density at radius 1 is 0.311 bits per heavy atom. The van der Waals surface area contributed by atoms with Gasteiger partial charge in [0, 0.05) is 19.3 Å². The lowest BCUT2D eigenvalue weighted by atomic mass is 10.0. The molecular weight excluding hydrogens is 757 g/mol. The smallest absolute Gasteiger partial charge is 0.306 e. The number of esters is 3. The van der Waals surface area contributed by atoms with Crippen LogP contribution in [0.2, 0.25) is 0 Å². The Morgan fingerprint density at radius 3 is 0.803 bits per heavy atom. The topological polar surface area (TPSA) is 78.9 Å². The van der Waals surface area contributed by atoms with Gasteiger partial charge in [0.15, 0.2) is 6.10 Å². The first-order chi connectivity index (χ1) is 29.7. The maximum absolute atomic E-state index is 12.8. The summed E-state index contributed by atoms with van der Waals surface area (Å²) in [6.07, 6.45) is 49.6. The Morgan fingerprint density at radius 2 is 0.541 bits per heavy atom. The van der Waals surface area contributed by atoms with Crippen molar-refractivity contribution in [3.8, 4) is 0 Å². The maximum atomic E-state index is 12.8. The highest BCUT2D eigenvalue weighted by molar-refractivity contribution is 5.71. The van der Waals surface area contributed by atoms with E-state index in [0.717, 1.165) is 69.6 Å². The minimum Gasteiger partial charge on any atom is -0.462 e. The summed E-state index contributed by atoms with van der Waals surface area (Å²) in [5.74, 6) is 0.793. The van der Waals surface area contributed by atoms with Gasteiger partial charge in [0.2, 0.25) is 0 Å². The number of hydrogen-bond donors (Lipinski definition) is 0. The van der Waals surface area contributed by atoms with Crippen molar-refractivity contribution in [1.82, 2.24) is 0 Å². The average Bonchev–Trinajstić information content (AvgIpc) is 3.23. The molecule has 362 valence electrons. The summed E-state index contributed by atoms with van der Waals surface area (Å²) in [5, 5.41) is 0. The molecule has 0 aliphatic heterocycles. The van der Waals surface area contributed by atoms with Crippen molar-refractivity contribution in [2.45, 2.75) is 310 Å². The van der Waals surface area contributed by atoms with Gasteiger partial charge in [0.1, 0.15) is 13.2 Å². The van der Waals surface area contributed by atoms with Crippen molar-refractivity contribution in [2.24, 2.45) is 11.8 Å². The molecule has 0 N–H and O–H groups in total. The predicted octanol–water partition coefficient (Wildman–Crippen LogP) is 17.7. The van der Waals surface area contributed by atoms with Crippen molar-refractivity contribution in [1.29, 1.82) is 0 Å². The Hall–Kier alpha value is -1.59. The van der Waals surface area contributed by atoms with E-state index in [1.165, 1.54) is 193 Å². The van der Waals surface area contributed by atoms with Gasteiger partial charge >= 0.3 is 17.9 Å². The summed E-state index contributed by atoms with van der Waals surface area (Å²) in [4.78, 5) is 37.9. The summed E-state index contributed by atoms with van der Waals surface area (Å²) in [6.45, 7) is 11.4. The highest BCUT2D eigenvalue weighted by Gasteiger charge is 2.19. The highest BCUT2D eigenvalue weighted by Crippen LogP contribution is 2.18. The molecule has 0 aliphatic rings. The van der Waals surface area contributed by atoms with E-state index in [0.29, 0.717) is 19.3 Å². The second-order valence-corrected chi connectivity index (χ2v) is 19.8. The third-order valence-electron chi connectivity index (χ3n) is 12.5. The van der Waals surface area contributed by atoms with E-state index in [1.54, 1.807) is 0 Å². The third kappa shape index (κ3) is 49.3. The SMILES string of the molecule is CCCCCCCCCCCCCCC(=O)O[C@H](COC(=O)CCCCCCCCCCCCCCCCCCCCC(C)C)COC(=O)CCCCCCCCCC(C)C. The zero-order valence-corrected chi connectivity index (χ0v) is 41.8. The van der Waals surface area contributed by atoms with Crippen LogP contribution in [0.5, 0.6) is 0 Å². The molecule has 0 amide bonds. The first-order valence-electron chi connectivity index (χ1n) is 27.2. The van der Waals surface area contributed by atoms with Crippen LogP contribution >= 0.6 is 0 Å². The first kappa shape index (κ1) is 59.4. The number of carbonyl (C=O) groups is 3. The average molecular weight is 863 g/mol. The molecule has 6 nitrogen and oxygen atoms in total. The molecule has 0 aromatic carbocycles. The Kier molecular flexibility index (Phi) is 46.6. The van der Waals surface area contributed by atoms with Crippen LogP contribution in [0.3, 0.4) is 0 Å². The molecule has 0 aromatic heterocycles. The van der Waals surface area contributed by atoms with Crippen molar-refractivity contribution in [2.75, 3.05) is 13.2 Å². The van der Waals surface area contributed by atoms with Gasteiger partial charge in [-0.1, -0.05) is 266 Å². The molecule has 0 bridgehead atoms. The van der Waals surface area contributed by atoms with Gasteiger partial charge in [-0.05, 0) is 31.1 Å². The number of unbranched alkanes of at least 4 members (excludes halogenated alkanes) is 34. The lowest BCUT2D eigenvalue weighted by molar-refractivity contribution is -0.167. The fourth-order valence-corrected chi connectivity index (χ4v) is 8.34.